The van der Waals surface area contributed by atoms with Crippen molar-refractivity contribution in [1.29, 1.82) is 0 Å². The highest BCUT2D eigenvalue weighted by atomic mass is 35.5. The molecule has 0 amide bonds. The molecule has 5 heteroatoms. The van der Waals surface area contributed by atoms with Crippen molar-refractivity contribution in [3.05, 3.63) is 23.0 Å². The van der Waals surface area contributed by atoms with Gasteiger partial charge in [0.15, 0.2) is 0 Å². The van der Waals surface area contributed by atoms with Crippen molar-refractivity contribution in [2.24, 2.45) is 5.92 Å². The zero-order valence-electron chi connectivity index (χ0n) is 10.6. The third-order valence-corrected chi connectivity index (χ3v) is 3.89. The maximum Gasteiger partial charge on any atom is 0.143 e. The molecule has 1 fully saturated rings. The van der Waals surface area contributed by atoms with Gasteiger partial charge in [0, 0.05) is 26.3 Å². The van der Waals surface area contributed by atoms with Gasteiger partial charge in [-0.05, 0) is 18.4 Å². The summed E-state index contributed by atoms with van der Waals surface area (Å²) in [4.78, 5) is 2.11. The molecule has 2 rings (SSSR count). The summed E-state index contributed by atoms with van der Waals surface area (Å²) < 4.78 is 18.7. The second-order valence-corrected chi connectivity index (χ2v) is 5.22. The van der Waals surface area contributed by atoms with Crippen LogP contribution in [0.15, 0.2) is 12.1 Å². The Morgan fingerprint density at radius 3 is 2.89 bits per heavy atom. The molecule has 0 aliphatic carbocycles. The second kappa shape index (κ2) is 5.33. The highest BCUT2D eigenvalue weighted by molar-refractivity contribution is 6.31. The van der Waals surface area contributed by atoms with Crippen LogP contribution in [0.2, 0.25) is 5.02 Å². The van der Waals surface area contributed by atoms with E-state index in [0.29, 0.717) is 11.6 Å². The molecule has 0 radical (unpaired) electrons. The van der Waals surface area contributed by atoms with Gasteiger partial charge in [0.1, 0.15) is 5.82 Å². The fraction of sp³-hybridized carbons (Fsp3) is 0.538. The van der Waals surface area contributed by atoms with E-state index in [1.807, 2.05) is 0 Å². The molecule has 2 unspecified atom stereocenters. The van der Waals surface area contributed by atoms with Gasteiger partial charge < -0.3 is 15.4 Å². The monoisotopic (exact) mass is 272 g/mol. The first kappa shape index (κ1) is 13.4. The van der Waals surface area contributed by atoms with Crippen molar-refractivity contribution in [1.82, 2.24) is 0 Å². The van der Waals surface area contributed by atoms with Crippen LogP contribution in [0, 0.1) is 11.7 Å². The molecule has 1 aromatic rings. The van der Waals surface area contributed by atoms with E-state index >= 15 is 0 Å². The summed E-state index contributed by atoms with van der Waals surface area (Å²) >= 11 is 5.82. The molecular weight excluding hydrogens is 255 g/mol. The second-order valence-electron chi connectivity index (χ2n) is 4.81. The minimum atomic E-state index is -0.480. The topological polar surface area (TPSA) is 38.5 Å². The summed E-state index contributed by atoms with van der Waals surface area (Å²) in [5.74, 6) is 0.0370. The first-order chi connectivity index (χ1) is 8.52. The van der Waals surface area contributed by atoms with Gasteiger partial charge >= 0.3 is 0 Å². The van der Waals surface area contributed by atoms with E-state index in [1.54, 1.807) is 13.2 Å². The highest BCUT2D eigenvalue weighted by Gasteiger charge is 2.27. The van der Waals surface area contributed by atoms with E-state index in [0.717, 1.165) is 25.2 Å². The number of nitrogens with two attached hydrogens (primary N) is 1. The number of ether oxygens (including phenoxy) is 1. The molecule has 2 atom stereocenters. The van der Waals surface area contributed by atoms with Crippen LogP contribution < -0.4 is 10.6 Å². The van der Waals surface area contributed by atoms with Gasteiger partial charge in [-0.3, -0.25) is 0 Å². The Morgan fingerprint density at radius 1 is 1.50 bits per heavy atom. The molecule has 0 saturated carbocycles. The lowest BCUT2D eigenvalue weighted by Crippen LogP contribution is -2.44. The number of halogens is 2. The van der Waals surface area contributed by atoms with Gasteiger partial charge in [-0.25, -0.2) is 4.39 Å². The van der Waals surface area contributed by atoms with Crippen molar-refractivity contribution in [2.45, 2.75) is 19.4 Å². The molecule has 2 N–H and O–H groups in total. The van der Waals surface area contributed by atoms with Crippen LogP contribution in [-0.2, 0) is 4.74 Å². The van der Waals surface area contributed by atoms with Crippen LogP contribution in [0.25, 0.3) is 0 Å². The zero-order valence-corrected chi connectivity index (χ0v) is 11.4. The number of methoxy groups -OCH3 is 1. The van der Waals surface area contributed by atoms with Gasteiger partial charge in [-0.2, -0.15) is 0 Å². The number of benzene rings is 1. The van der Waals surface area contributed by atoms with Gasteiger partial charge in [0.05, 0.1) is 22.5 Å². The number of hydrogen-bond donors (Lipinski definition) is 1. The van der Waals surface area contributed by atoms with E-state index in [9.17, 15) is 4.39 Å². The lowest BCUT2D eigenvalue weighted by molar-refractivity contribution is 0.0499. The van der Waals surface area contributed by atoms with E-state index in [2.05, 4.69) is 11.8 Å². The molecular formula is C13H18ClFN2O. The maximum atomic E-state index is 13.3. The molecule has 3 nitrogen and oxygen atoms in total. The van der Waals surface area contributed by atoms with E-state index in [-0.39, 0.29) is 11.1 Å². The molecule has 0 spiro atoms. The largest absolute Gasteiger partial charge is 0.397 e. The number of anilines is 2. The minimum Gasteiger partial charge on any atom is -0.397 e. The third kappa shape index (κ3) is 2.54. The predicted octanol–water partition coefficient (Wildman–Crippen LogP) is 2.92. The lowest BCUT2D eigenvalue weighted by Gasteiger charge is -2.38. The van der Waals surface area contributed by atoms with Crippen LogP contribution in [0.1, 0.15) is 13.3 Å². The Labute approximate surface area is 112 Å². The van der Waals surface area contributed by atoms with Crippen molar-refractivity contribution in [2.75, 3.05) is 30.8 Å². The van der Waals surface area contributed by atoms with Gasteiger partial charge in [-0.15, -0.1) is 0 Å². The van der Waals surface area contributed by atoms with Gasteiger partial charge in [0.2, 0.25) is 0 Å². The molecule has 100 valence electrons. The molecule has 0 bridgehead atoms. The molecule has 0 aromatic heterocycles. The number of nitrogens with zero attached hydrogens (tertiary/aromatic N) is 1. The van der Waals surface area contributed by atoms with Gasteiger partial charge in [-0.1, -0.05) is 18.5 Å². The lowest BCUT2D eigenvalue weighted by atomic mass is 9.95. The molecule has 1 aliphatic heterocycles. The molecule has 1 aliphatic rings. The molecule has 1 heterocycles. The Bertz CT molecular complexity index is 441. The Morgan fingerprint density at radius 2 is 2.22 bits per heavy atom. The standard InChI is InChI=1S/C13H18ClFN2O/c1-8-3-4-17(7-13(8)18-2)12-5-9(14)10(15)6-11(12)16/h5-6,8,13H,3-4,7,16H2,1-2H3. The number of rotatable bonds is 2. The van der Waals surface area contributed by atoms with Crippen LogP contribution in [-0.4, -0.2) is 26.3 Å². The molecule has 18 heavy (non-hydrogen) atoms. The van der Waals surface area contributed by atoms with Crippen molar-refractivity contribution >= 4 is 23.0 Å². The number of nitrogen functional groups attached to an aromatic ring is 1. The SMILES string of the molecule is COC1CN(c2cc(Cl)c(F)cc2N)CCC1C. The number of hydrogen-bond acceptors (Lipinski definition) is 3. The Hall–Kier alpha value is -1.00. The average Bonchev–Trinajstić information content (AvgIpc) is 2.35. The Kier molecular flexibility index (Phi) is 3.97. The highest BCUT2D eigenvalue weighted by Crippen LogP contribution is 2.32. The van der Waals surface area contributed by atoms with E-state index in [4.69, 9.17) is 22.1 Å². The zero-order chi connectivity index (χ0) is 13.3. The van der Waals surface area contributed by atoms with Crippen LogP contribution in [0.5, 0.6) is 0 Å². The first-order valence-corrected chi connectivity index (χ1v) is 6.43. The third-order valence-electron chi connectivity index (χ3n) is 3.60. The fourth-order valence-corrected chi connectivity index (χ4v) is 2.54. The normalized spacial score (nSPS) is 24.3. The quantitative estimate of drug-likeness (QED) is 0.842. The van der Waals surface area contributed by atoms with Gasteiger partial charge in [0.25, 0.3) is 0 Å². The van der Waals surface area contributed by atoms with Crippen LogP contribution in [0.3, 0.4) is 0 Å². The summed E-state index contributed by atoms with van der Waals surface area (Å²) in [5.41, 5.74) is 7.07. The summed E-state index contributed by atoms with van der Waals surface area (Å²) in [7, 11) is 1.71. The van der Waals surface area contributed by atoms with Crippen LogP contribution >= 0.6 is 11.6 Å². The van der Waals surface area contributed by atoms with Crippen LogP contribution in [0.4, 0.5) is 15.8 Å². The van der Waals surface area contributed by atoms with E-state index < -0.39 is 5.82 Å². The summed E-state index contributed by atoms with van der Waals surface area (Å²) in [5, 5.41) is 0.104. The molecule has 1 saturated heterocycles. The van der Waals surface area contributed by atoms with Crippen molar-refractivity contribution < 1.29 is 9.13 Å². The summed E-state index contributed by atoms with van der Waals surface area (Å²) in [6.07, 6.45) is 1.19. The van der Waals surface area contributed by atoms with Crippen molar-refractivity contribution in [3.8, 4) is 0 Å². The fourth-order valence-electron chi connectivity index (χ4n) is 2.39. The maximum absolute atomic E-state index is 13.3. The number of piperidine rings is 1. The average molecular weight is 273 g/mol. The Balaban J connectivity index is 2.24. The first-order valence-electron chi connectivity index (χ1n) is 6.05. The summed E-state index contributed by atoms with van der Waals surface area (Å²) in [6.45, 7) is 3.81. The summed E-state index contributed by atoms with van der Waals surface area (Å²) in [6, 6.07) is 2.87. The van der Waals surface area contributed by atoms with Crippen molar-refractivity contribution in [3.63, 3.8) is 0 Å². The predicted molar refractivity (Wildman–Crippen MR) is 72.6 cm³/mol. The molecule has 1 aromatic carbocycles. The smallest absolute Gasteiger partial charge is 0.143 e. The minimum absolute atomic E-state index is 0.104. The van der Waals surface area contributed by atoms with E-state index in [1.165, 1.54) is 6.07 Å².